The van der Waals surface area contributed by atoms with Crippen molar-refractivity contribution in [3.05, 3.63) is 12.2 Å². The van der Waals surface area contributed by atoms with Crippen LogP contribution < -0.4 is 0 Å². The summed E-state index contributed by atoms with van der Waals surface area (Å²) in [4.78, 5) is 9.99. The van der Waals surface area contributed by atoms with Crippen molar-refractivity contribution in [2.24, 2.45) is 0 Å². The second kappa shape index (κ2) is 5.88. The Labute approximate surface area is 64.8 Å². The van der Waals surface area contributed by atoms with Crippen molar-refractivity contribution in [1.82, 2.24) is 0 Å². The number of aliphatic hydroxyl groups is 2. The van der Waals surface area contributed by atoms with Gasteiger partial charge in [-0.3, -0.25) is 4.79 Å². The maximum Gasteiger partial charge on any atom is 0.303 e. The lowest BCUT2D eigenvalue weighted by molar-refractivity contribution is -0.137. The molecule has 0 aromatic carbocycles. The van der Waals surface area contributed by atoms with Gasteiger partial charge in [0.2, 0.25) is 0 Å². The summed E-state index contributed by atoms with van der Waals surface area (Å²) >= 11 is 0. The number of hydrogen-bond acceptors (Lipinski definition) is 3. The Kier molecular flexibility index (Phi) is 5.42. The number of carboxylic acids is 1. The second-order valence-electron chi connectivity index (χ2n) is 2.11. The highest BCUT2D eigenvalue weighted by atomic mass is 16.4. The Morgan fingerprint density at radius 2 is 2.18 bits per heavy atom. The lowest BCUT2D eigenvalue weighted by Gasteiger charge is -2.00. The third-order valence-corrected chi connectivity index (χ3v) is 1.12. The van der Waals surface area contributed by atoms with Crippen LogP contribution in [0.4, 0.5) is 0 Å². The van der Waals surface area contributed by atoms with E-state index in [4.69, 9.17) is 15.3 Å². The van der Waals surface area contributed by atoms with Crippen LogP contribution in [-0.2, 0) is 4.79 Å². The Bertz CT molecular complexity index is 141. The van der Waals surface area contributed by atoms with Gasteiger partial charge in [-0.1, -0.05) is 12.2 Å². The number of rotatable bonds is 5. The number of hydrogen-bond donors (Lipinski definition) is 3. The smallest absolute Gasteiger partial charge is 0.303 e. The van der Waals surface area contributed by atoms with Gasteiger partial charge in [0.05, 0.1) is 12.7 Å². The second-order valence-corrected chi connectivity index (χ2v) is 2.11. The summed E-state index contributed by atoms with van der Waals surface area (Å²) in [7, 11) is 0. The molecule has 11 heavy (non-hydrogen) atoms. The summed E-state index contributed by atoms with van der Waals surface area (Å²) in [5, 5.41) is 25.4. The van der Waals surface area contributed by atoms with Crippen LogP contribution in [-0.4, -0.2) is 34.0 Å². The predicted molar refractivity (Wildman–Crippen MR) is 39.1 cm³/mol. The molecule has 0 saturated carbocycles. The average molecular weight is 160 g/mol. The summed E-state index contributed by atoms with van der Waals surface area (Å²) < 4.78 is 0. The number of aliphatic hydroxyl groups excluding tert-OH is 2. The van der Waals surface area contributed by atoms with Crippen molar-refractivity contribution in [3.63, 3.8) is 0 Å². The SMILES string of the molecule is O=C(O)CCC(O)/C=C/CO. The number of carboxylic acid groups (broad SMARTS) is 1. The average Bonchev–Trinajstić information content (AvgIpc) is 1.97. The van der Waals surface area contributed by atoms with Gasteiger partial charge in [-0.05, 0) is 6.42 Å². The lowest BCUT2D eigenvalue weighted by atomic mass is 10.2. The Morgan fingerprint density at radius 1 is 1.55 bits per heavy atom. The van der Waals surface area contributed by atoms with Crippen LogP contribution in [0.3, 0.4) is 0 Å². The summed E-state index contributed by atoms with van der Waals surface area (Å²) in [5.74, 6) is -0.929. The molecule has 0 heterocycles. The minimum Gasteiger partial charge on any atom is -0.481 e. The number of aliphatic carboxylic acids is 1. The van der Waals surface area contributed by atoms with Crippen LogP contribution in [0.2, 0.25) is 0 Å². The molecule has 3 N–H and O–H groups in total. The zero-order valence-corrected chi connectivity index (χ0v) is 6.10. The maximum absolute atomic E-state index is 9.99. The van der Waals surface area contributed by atoms with E-state index in [2.05, 4.69) is 0 Å². The van der Waals surface area contributed by atoms with Gasteiger partial charge in [-0.2, -0.15) is 0 Å². The van der Waals surface area contributed by atoms with E-state index >= 15 is 0 Å². The van der Waals surface area contributed by atoms with Crippen LogP contribution in [0, 0.1) is 0 Å². The molecule has 0 radical (unpaired) electrons. The van der Waals surface area contributed by atoms with Crippen molar-refractivity contribution in [3.8, 4) is 0 Å². The van der Waals surface area contributed by atoms with E-state index in [9.17, 15) is 4.79 Å². The van der Waals surface area contributed by atoms with Crippen molar-refractivity contribution in [2.45, 2.75) is 18.9 Å². The molecule has 1 atom stereocenters. The first-order valence-corrected chi connectivity index (χ1v) is 3.34. The quantitative estimate of drug-likeness (QED) is 0.485. The first kappa shape index (κ1) is 10.1. The van der Waals surface area contributed by atoms with E-state index in [1.165, 1.54) is 12.2 Å². The van der Waals surface area contributed by atoms with E-state index < -0.39 is 12.1 Å². The molecule has 0 aromatic heterocycles. The van der Waals surface area contributed by atoms with Gasteiger partial charge in [-0.25, -0.2) is 0 Å². The normalized spacial score (nSPS) is 13.6. The largest absolute Gasteiger partial charge is 0.481 e. The molecule has 0 amide bonds. The maximum atomic E-state index is 9.99. The summed E-state index contributed by atoms with van der Waals surface area (Å²) in [6, 6.07) is 0. The lowest BCUT2D eigenvalue weighted by Crippen LogP contribution is -2.06. The fraction of sp³-hybridized carbons (Fsp3) is 0.571. The van der Waals surface area contributed by atoms with Gasteiger partial charge < -0.3 is 15.3 Å². The molecule has 0 bridgehead atoms. The molecule has 0 spiro atoms. The van der Waals surface area contributed by atoms with Gasteiger partial charge in [0.15, 0.2) is 0 Å². The molecule has 0 aromatic rings. The summed E-state index contributed by atoms with van der Waals surface area (Å²) in [6.07, 6.45) is 2.12. The van der Waals surface area contributed by atoms with Crippen LogP contribution in [0.25, 0.3) is 0 Å². The van der Waals surface area contributed by atoms with Gasteiger partial charge >= 0.3 is 5.97 Å². The molecular formula is C7H12O4. The molecule has 64 valence electrons. The van der Waals surface area contributed by atoms with E-state index in [-0.39, 0.29) is 19.4 Å². The van der Waals surface area contributed by atoms with Crippen LogP contribution in [0.5, 0.6) is 0 Å². The highest BCUT2D eigenvalue weighted by molar-refractivity contribution is 5.66. The minimum absolute atomic E-state index is 0.0586. The highest BCUT2D eigenvalue weighted by Crippen LogP contribution is 1.97. The topological polar surface area (TPSA) is 77.8 Å². The Hall–Kier alpha value is -0.870. The molecule has 0 aliphatic rings. The van der Waals surface area contributed by atoms with E-state index in [1.54, 1.807) is 0 Å². The van der Waals surface area contributed by atoms with E-state index in [0.29, 0.717) is 0 Å². The van der Waals surface area contributed by atoms with Crippen molar-refractivity contribution >= 4 is 5.97 Å². The Morgan fingerprint density at radius 3 is 2.64 bits per heavy atom. The van der Waals surface area contributed by atoms with Gasteiger partial charge in [0.25, 0.3) is 0 Å². The zero-order valence-electron chi connectivity index (χ0n) is 6.10. The van der Waals surface area contributed by atoms with E-state index in [0.717, 1.165) is 0 Å². The van der Waals surface area contributed by atoms with Gasteiger partial charge in [0, 0.05) is 6.42 Å². The molecule has 0 rings (SSSR count). The van der Waals surface area contributed by atoms with Crippen LogP contribution in [0.15, 0.2) is 12.2 Å². The highest BCUT2D eigenvalue weighted by Gasteiger charge is 2.02. The zero-order chi connectivity index (χ0) is 8.69. The van der Waals surface area contributed by atoms with Crippen LogP contribution in [0.1, 0.15) is 12.8 Å². The third-order valence-electron chi connectivity index (χ3n) is 1.12. The monoisotopic (exact) mass is 160 g/mol. The number of carbonyl (C=O) groups is 1. The summed E-state index contributed by atoms with van der Waals surface area (Å²) in [6.45, 7) is -0.135. The van der Waals surface area contributed by atoms with E-state index in [1.807, 2.05) is 0 Å². The van der Waals surface area contributed by atoms with Crippen molar-refractivity contribution < 1.29 is 20.1 Å². The molecule has 0 aliphatic carbocycles. The fourth-order valence-electron chi connectivity index (χ4n) is 0.586. The molecule has 0 aliphatic heterocycles. The molecule has 4 nitrogen and oxygen atoms in total. The molecule has 0 fully saturated rings. The first-order chi connectivity index (χ1) is 5.16. The molecule has 4 heteroatoms. The van der Waals surface area contributed by atoms with Gasteiger partial charge in [-0.15, -0.1) is 0 Å². The van der Waals surface area contributed by atoms with Gasteiger partial charge in [0.1, 0.15) is 0 Å². The fourth-order valence-corrected chi connectivity index (χ4v) is 0.586. The third kappa shape index (κ3) is 7.02. The molecule has 1 unspecified atom stereocenters. The molecular weight excluding hydrogens is 148 g/mol. The van der Waals surface area contributed by atoms with Crippen molar-refractivity contribution in [1.29, 1.82) is 0 Å². The molecule has 0 saturated heterocycles. The Balaban J connectivity index is 3.44. The van der Waals surface area contributed by atoms with Crippen molar-refractivity contribution in [2.75, 3.05) is 6.61 Å². The first-order valence-electron chi connectivity index (χ1n) is 3.34. The minimum atomic E-state index is -0.929. The summed E-state index contributed by atoms with van der Waals surface area (Å²) in [5.41, 5.74) is 0. The predicted octanol–water partition coefficient (Wildman–Crippen LogP) is -0.239. The standard InChI is InChI=1S/C7H12O4/c8-5-1-2-6(9)3-4-7(10)11/h1-2,6,8-9H,3-5H2,(H,10,11)/b2-1+. The van der Waals surface area contributed by atoms with Crippen LogP contribution >= 0.6 is 0 Å².